The molecule has 0 spiro atoms. The van der Waals surface area contributed by atoms with Crippen LogP contribution in [0, 0.1) is 0 Å². The number of amides is 1. The van der Waals surface area contributed by atoms with Gasteiger partial charge in [-0.25, -0.2) is 0 Å². The monoisotopic (exact) mass is 231 g/mol. The van der Waals surface area contributed by atoms with Gasteiger partial charge < -0.3 is 14.8 Å². The molecule has 0 fully saturated rings. The summed E-state index contributed by atoms with van der Waals surface area (Å²) < 4.78 is 10.5. The summed E-state index contributed by atoms with van der Waals surface area (Å²) in [6, 6.07) is 5.69. The topological polar surface area (TPSA) is 47.6 Å². The van der Waals surface area contributed by atoms with Gasteiger partial charge in [0.2, 0.25) is 12.7 Å². The Kier molecular flexibility index (Phi) is 3.45. The van der Waals surface area contributed by atoms with Gasteiger partial charge in [-0.3, -0.25) is 4.79 Å². The van der Waals surface area contributed by atoms with E-state index in [0.29, 0.717) is 0 Å². The first kappa shape index (κ1) is 11.3. The summed E-state index contributed by atoms with van der Waals surface area (Å²) in [4.78, 5) is 10.9. The van der Waals surface area contributed by atoms with Gasteiger partial charge in [-0.1, -0.05) is 24.3 Å². The highest BCUT2D eigenvalue weighted by molar-refractivity contribution is 5.87. The summed E-state index contributed by atoms with van der Waals surface area (Å²) in [5.74, 6) is 1.39. The molecule has 1 aromatic carbocycles. The Morgan fingerprint density at radius 2 is 2.12 bits per heavy atom. The highest BCUT2D eigenvalue weighted by Crippen LogP contribution is 2.32. The van der Waals surface area contributed by atoms with Crippen LogP contribution in [0.15, 0.2) is 36.4 Å². The lowest BCUT2D eigenvalue weighted by molar-refractivity contribution is -0.116. The van der Waals surface area contributed by atoms with Crippen molar-refractivity contribution in [2.75, 3.05) is 13.8 Å². The quantitative estimate of drug-likeness (QED) is 0.636. The van der Waals surface area contributed by atoms with Crippen LogP contribution in [0.4, 0.5) is 0 Å². The van der Waals surface area contributed by atoms with Gasteiger partial charge in [0.1, 0.15) is 0 Å². The maximum Gasteiger partial charge on any atom is 0.243 e. The van der Waals surface area contributed by atoms with Gasteiger partial charge in [-0.15, -0.1) is 0 Å². The van der Waals surface area contributed by atoms with Crippen molar-refractivity contribution in [3.8, 4) is 11.5 Å². The van der Waals surface area contributed by atoms with Gasteiger partial charge in [-0.2, -0.15) is 0 Å². The van der Waals surface area contributed by atoms with Crippen molar-refractivity contribution in [2.24, 2.45) is 0 Å². The second-order valence-electron chi connectivity index (χ2n) is 3.45. The molecular weight excluding hydrogens is 218 g/mol. The van der Waals surface area contributed by atoms with E-state index in [9.17, 15) is 4.79 Å². The maximum atomic E-state index is 10.9. The molecule has 1 aromatic rings. The number of carbonyl (C=O) groups is 1. The predicted molar refractivity (Wildman–Crippen MR) is 64.8 cm³/mol. The Morgan fingerprint density at radius 3 is 2.94 bits per heavy atom. The van der Waals surface area contributed by atoms with Crippen molar-refractivity contribution in [1.29, 1.82) is 0 Å². The molecule has 1 heterocycles. The molecule has 4 nitrogen and oxygen atoms in total. The molecule has 0 unspecified atom stereocenters. The highest BCUT2D eigenvalue weighted by atomic mass is 16.7. The molecule has 0 bridgehead atoms. The second kappa shape index (κ2) is 5.21. The van der Waals surface area contributed by atoms with Gasteiger partial charge in [-0.05, 0) is 17.7 Å². The zero-order valence-corrected chi connectivity index (χ0v) is 9.47. The number of hydrogen-bond donors (Lipinski definition) is 1. The van der Waals surface area contributed by atoms with Crippen LogP contribution in [-0.2, 0) is 4.79 Å². The third-order valence-corrected chi connectivity index (χ3v) is 2.29. The number of benzene rings is 1. The van der Waals surface area contributed by atoms with E-state index in [1.165, 1.54) is 6.08 Å². The molecular formula is C13H13NO3. The SMILES string of the molecule is CNC(=O)/C=C/C=C/c1ccc2c(c1)OCO2. The lowest BCUT2D eigenvalue weighted by Crippen LogP contribution is -2.13. The van der Waals surface area contributed by atoms with E-state index < -0.39 is 0 Å². The largest absolute Gasteiger partial charge is 0.454 e. The predicted octanol–water partition coefficient (Wildman–Crippen LogP) is 1.73. The van der Waals surface area contributed by atoms with Crippen molar-refractivity contribution >= 4 is 12.0 Å². The summed E-state index contributed by atoms with van der Waals surface area (Å²) in [6.45, 7) is 0.277. The average Bonchev–Trinajstić information content (AvgIpc) is 2.81. The van der Waals surface area contributed by atoms with Gasteiger partial charge in [0.15, 0.2) is 11.5 Å². The number of likely N-dealkylation sites (N-methyl/N-ethyl adjacent to an activating group) is 1. The van der Waals surface area contributed by atoms with E-state index in [4.69, 9.17) is 9.47 Å². The molecule has 0 aromatic heterocycles. The van der Waals surface area contributed by atoms with Crippen molar-refractivity contribution in [3.05, 3.63) is 42.0 Å². The van der Waals surface area contributed by atoms with Crippen LogP contribution in [0.3, 0.4) is 0 Å². The number of fused-ring (bicyclic) bond motifs is 1. The number of rotatable bonds is 3. The smallest absolute Gasteiger partial charge is 0.243 e. The van der Waals surface area contributed by atoms with Crippen molar-refractivity contribution in [1.82, 2.24) is 5.32 Å². The van der Waals surface area contributed by atoms with Crippen LogP contribution in [0.2, 0.25) is 0 Å². The molecule has 0 saturated carbocycles. The molecule has 0 atom stereocenters. The van der Waals surface area contributed by atoms with Gasteiger partial charge in [0.25, 0.3) is 0 Å². The van der Waals surface area contributed by atoms with Crippen LogP contribution in [0.1, 0.15) is 5.56 Å². The molecule has 88 valence electrons. The van der Waals surface area contributed by atoms with Crippen LogP contribution in [0.25, 0.3) is 6.08 Å². The first-order valence-electron chi connectivity index (χ1n) is 5.26. The van der Waals surface area contributed by atoms with E-state index in [0.717, 1.165) is 17.1 Å². The first-order valence-corrected chi connectivity index (χ1v) is 5.26. The molecule has 0 radical (unpaired) electrons. The Bertz CT molecular complexity index is 478. The third kappa shape index (κ3) is 2.87. The lowest BCUT2D eigenvalue weighted by atomic mass is 10.2. The molecule has 0 saturated heterocycles. The fraction of sp³-hybridized carbons (Fsp3) is 0.154. The summed E-state index contributed by atoms with van der Waals surface area (Å²) in [5, 5.41) is 2.50. The third-order valence-electron chi connectivity index (χ3n) is 2.29. The Labute approximate surface area is 99.5 Å². The van der Waals surface area contributed by atoms with Crippen molar-refractivity contribution in [2.45, 2.75) is 0 Å². The van der Waals surface area contributed by atoms with E-state index >= 15 is 0 Å². The van der Waals surface area contributed by atoms with Gasteiger partial charge in [0, 0.05) is 13.1 Å². The van der Waals surface area contributed by atoms with Crippen LogP contribution >= 0.6 is 0 Å². The van der Waals surface area contributed by atoms with E-state index in [1.807, 2.05) is 24.3 Å². The number of carbonyl (C=O) groups excluding carboxylic acids is 1. The Hall–Kier alpha value is -2.23. The summed E-state index contributed by atoms with van der Waals surface area (Å²) in [7, 11) is 1.59. The Balaban J connectivity index is 2.02. The minimum absolute atomic E-state index is 0.125. The van der Waals surface area contributed by atoms with E-state index in [-0.39, 0.29) is 12.7 Å². The Morgan fingerprint density at radius 1 is 1.29 bits per heavy atom. The number of ether oxygens (including phenoxy) is 2. The van der Waals surface area contributed by atoms with Crippen molar-refractivity contribution in [3.63, 3.8) is 0 Å². The molecule has 1 aliphatic heterocycles. The fourth-order valence-electron chi connectivity index (χ4n) is 1.41. The van der Waals surface area contributed by atoms with E-state index in [1.54, 1.807) is 19.2 Å². The number of nitrogens with one attached hydrogen (secondary N) is 1. The molecule has 17 heavy (non-hydrogen) atoms. The van der Waals surface area contributed by atoms with E-state index in [2.05, 4.69) is 5.32 Å². The zero-order valence-electron chi connectivity index (χ0n) is 9.47. The summed E-state index contributed by atoms with van der Waals surface area (Å²) in [6.07, 6.45) is 6.83. The summed E-state index contributed by atoms with van der Waals surface area (Å²) in [5.41, 5.74) is 0.996. The second-order valence-corrected chi connectivity index (χ2v) is 3.45. The van der Waals surface area contributed by atoms with Crippen LogP contribution in [-0.4, -0.2) is 19.7 Å². The number of hydrogen-bond acceptors (Lipinski definition) is 3. The van der Waals surface area contributed by atoms with Crippen LogP contribution in [0.5, 0.6) is 11.5 Å². The van der Waals surface area contributed by atoms with Crippen LogP contribution < -0.4 is 14.8 Å². The standard InChI is InChI=1S/C13H13NO3/c1-14-13(15)5-3-2-4-10-6-7-11-12(8-10)17-9-16-11/h2-8H,9H2,1H3,(H,14,15)/b4-2+,5-3+. The van der Waals surface area contributed by atoms with Gasteiger partial charge in [0.05, 0.1) is 0 Å². The normalized spacial score (nSPS) is 13.5. The number of allylic oxidation sites excluding steroid dienone is 2. The molecule has 4 heteroatoms. The minimum atomic E-state index is -0.125. The molecule has 0 aliphatic carbocycles. The summed E-state index contributed by atoms with van der Waals surface area (Å²) >= 11 is 0. The minimum Gasteiger partial charge on any atom is -0.454 e. The molecule has 2 rings (SSSR count). The highest BCUT2D eigenvalue weighted by Gasteiger charge is 2.11. The molecule has 1 amide bonds. The molecule has 1 aliphatic rings. The maximum absolute atomic E-state index is 10.9. The lowest BCUT2D eigenvalue weighted by Gasteiger charge is -1.96. The zero-order chi connectivity index (χ0) is 12.1. The fourth-order valence-corrected chi connectivity index (χ4v) is 1.41. The van der Waals surface area contributed by atoms with Gasteiger partial charge >= 0.3 is 0 Å². The van der Waals surface area contributed by atoms with Crippen molar-refractivity contribution < 1.29 is 14.3 Å². The molecule has 1 N–H and O–H groups in total. The first-order chi connectivity index (χ1) is 8.29. The average molecular weight is 231 g/mol.